The Morgan fingerprint density at radius 2 is 2.24 bits per heavy atom. The molecular weight excluding hydrogens is 318 g/mol. The first-order chi connectivity index (χ1) is 12.1. The zero-order valence-electron chi connectivity index (χ0n) is 14.7. The van der Waals surface area contributed by atoms with Crippen LogP contribution >= 0.6 is 0 Å². The maximum atomic E-state index is 12.1. The minimum absolute atomic E-state index is 0.0399. The molecular formula is C18H23N5O2. The van der Waals surface area contributed by atoms with Crippen LogP contribution in [0.3, 0.4) is 0 Å². The first-order valence-corrected chi connectivity index (χ1v) is 8.43. The largest absolute Gasteiger partial charge is 0.364 e. The van der Waals surface area contributed by atoms with Crippen molar-refractivity contribution in [3.8, 4) is 0 Å². The zero-order valence-corrected chi connectivity index (χ0v) is 14.7. The average molecular weight is 341 g/mol. The first-order valence-electron chi connectivity index (χ1n) is 8.43. The number of carbonyl (C=O) groups is 1. The molecule has 0 aliphatic heterocycles. The molecule has 0 bridgehead atoms. The third-order valence-corrected chi connectivity index (χ3v) is 4.10. The molecule has 1 aromatic carbocycles. The Bertz CT molecular complexity index is 867. The molecule has 3 rings (SSSR count). The number of H-pyrrole nitrogens is 1. The lowest BCUT2D eigenvalue weighted by Crippen LogP contribution is -2.21. The Kier molecular flexibility index (Phi) is 5.14. The summed E-state index contributed by atoms with van der Waals surface area (Å²) in [5, 5.41) is 7.08. The fraction of sp³-hybridized carbons (Fsp3) is 0.389. The smallest absolute Gasteiger partial charge is 0.251 e. The van der Waals surface area contributed by atoms with Gasteiger partial charge in [-0.25, -0.2) is 9.67 Å². The highest BCUT2D eigenvalue weighted by Gasteiger charge is 2.11. The molecule has 132 valence electrons. The molecule has 2 aromatic heterocycles. The van der Waals surface area contributed by atoms with Crippen LogP contribution in [0.5, 0.6) is 0 Å². The van der Waals surface area contributed by atoms with Gasteiger partial charge in [0.2, 0.25) is 0 Å². The van der Waals surface area contributed by atoms with Crippen molar-refractivity contribution in [2.75, 3.05) is 11.9 Å². The van der Waals surface area contributed by atoms with Crippen LogP contribution in [0.4, 0.5) is 5.82 Å². The van der Waals surface area contributed by atoms with Crippen molar-refractivity contribution in [3.05, 3.63) is 41.9 Å². The van der Waals surface area contributed by atoms with Crippen molar-refractivity contribution >= 4 is 22.8 Å². The second kappa shape index (κ2) is 7.48. The number of aromatic amines is 1. The molecule has 25 heavy (non-hydrogen) atoms. The predicted octanol–water partition coefficient (Wildman–Crippen LogP) is 3.19. The van der Waals surface area contributed by atoms with Crippen LogP contribution in [0.25, 0.3) is 11.0 Å². The van der Waals surface area contributed by atoms with Gasteiger partial charge in [0.15, 0.2) is 0 Å². The minimum atomic E-state index is -0.211. The summed E-state index contributed by atoms with van der Waals surface area (Å²) in [4.78, 5) is 19.7. The molecule has 1 atom stereocenters. The number of anilines is 1. The summed E-state index contributed by atoms with van der Waals surface area (Å²) in [5.74, 6) is 1.18. The number of nitrogens with zero attached hydrogens (tertiary/aromatic N) is 3. The average Bonchev–Trinajstić information content (AvgIpc) is 3.20. The standard InChI is InChI=1S/C18H23N5O2/c1-4-13(3)23-17(7-8-19-23)22-18(24)11-25-10-16-20-14-6-5-12(2)9-15(14)21-16/h5-9,13H,4,10-11H2,1-3H3,(H,20,21)(H,22,24). The Labute approximate surface area is 146 Å². The quantitative estimate of drug-likeness (QED) is 0.691. The molecule has 0 aliphatic rings. The monoisotopic (exact) mass is 341 g/mol. The number of amides is 1. The summed E-state index contributed by atoms with van der Waals surface area (Å²) in [7, 11) is 0. The fourth-order valence-electron chi connectivity index (χ4n) is 2.60. The third kappa shape index (κ3) is 4.06. The van der Waals surface area contributed by atoms with Gasteiger partial charge in [-0.05, 0) is 38.0 Å². The van der Waals surface area contributed by atoms with Crippen LogP contribution in [-0.4, -0.2) is 32.3 Å². The minimum Gasteiger partial charge on any atom is -0.364 e. The van der Waals surface area contributed by atoms with E-state index in [0.29, 0.717) is 11.6 Å². The Morgan fingerprint density at radius 3 is 3.04 bits per heavy atom. The van der Waals surface area contributed by atoms with E-state index in [9.17, 15) is 4.79 Å². The van der Waals surface area contributed by atoms with E-state index in [4.69, 9.17) is 4.74 Å². The Morgan fingerprint density at radius 1 is 1.40 bits per heavy atom. The van der Waals surface area contributed by atoms with Crippen molar-refractivity contribution in [2.45, 2.75) is 39.8 Å². The Balaban J connectivity index is 1.53. The molecule has 2 heterocycles. The number of benzene rings is 1. The van der Waals surface area contributed by atoms with Crippen molar-refractivity contribution in [1.29, 1.82) is 0 Å². The zero-order chi connectivity index (χ0) is 17.8. The molecule has 0 aliphatic carbocycles. The van der Waals surface area contributed by atoms with Crippen LogP contribution in [0.1, 0.15) is 37.7 Å². The van der Waals surface area contributed by atoms with Crippen molar-refractivity contribution in [3.63, 3.8) is 0 Å². The summed E-state index contributed by atoms with van der Waals surface area (Å²) in [6.45, 7) is 6.39. The van der Waals surface area contributed by atoms with Gasteiger partial charge in [-0.15, -0.1) is 0 Å². The van der Waals surface area contributed by atoms with Gasteiger partial charge in [-0.3, -0.25) is 4.79 Å². The van der Waals surface area contributed by atoms with E-state index in [1.54, 1.807) is 16.9 Å². The third-order valence-electron chi connectivity index (χ3n) is 4.10. The lowest BCUT2D eigenvalue weighted by atomic mass is 10.2. The normalized spacial score (nSPS) is 12.4. The lowest BCUT2D eigenvalue weighted by molar-refractivity contribution is -0.121. The number of imidazole rings is 1. The number of rotatable bonds is 7. The van der Waals surface area contributed by atoms with Gasteiger partial charge in [0.1, 0.15) is 24.9 Å². The van der Waals surface area contributed by atoms with Crippen LogP contribution in [0.2, 0.25) is 0 Å². The number of fused-ring (bicyclic) bond motifs is 1. The maximum Gasteiger partial charge on any atom is 0.251 e. The van der Waals surface area contributed by atoms with E-state index in [0.717, 1.165) is 17.5 Å². The molecule has 7 nitrogen and oxygen atoms in total. The van der Waals surface area contributed by atoms with E-state index >= 15 is 0 Å². The molecule has 2 N–H and O–H groups in total. The molecule has 1 amide bonds. The molecule has 1 unspecified atom stereocenters. The first kappa shape index (κ1) is 17.2. The van der Waals surface area contributed by atoms with Crippen LogP contribution in [0.15, 0.2) is 30.5 Å². The van der Waals surface area contributed by atoms with Gasteiger partial charge in [-0.1, -0.05) is 13.0 Å². The Hall–Kier alpha value is -2.67. The van der Waals surface area contributed by atoms with Gasteiger partial charge in [-0.2, -0.15) is 5.10 Å². The second-order valence-corrected chi connectivity index (χ2v) is 6.16. The fourth-order valence-corrected chi connectivity index (χ4v) is 2.60. The molecule has 0 radical (unpaired) electrons. The lowest BCUT2D eigenvalue weighted by Gasteiger charge is -2.14. The van der Waals surface area contributed by atoms with Gasteiger partial charge in [0.05, 0.1) is 23.3 Å². The number of nitrogens with one attached hydrogen (secondary N) is 2. The number of ether oxygens (including phenoxy) is 1. The van der Waals surface area contributed by atoms with Gasteiger partial charge in [0.25, 0.3) is 5.91 Å². The summed E-state index contributed by atoms with van der Waals surface area (Å²) < 4.78 is 7.29. The summed E-state index contributed by atoms with van der Waals surface area (Å²) >= 11 is 0. The molecule has 3 aromatic rings. The van der Waals surface area contributed by atoms with E-state index in [2.05, 4.69) is 34.2 Å². The number of aromatic nitrogens is 4. The summed E-state index contributed by atoms with van der Waals surface area (Å²) in [5.41, 5.74) is 3.03. The van der Waals surface area contributed by atoms with Crippen molar-refractivity contribution in [2.24, 2.45) is 0 Å². The SMILES string of the molecule is CCC(C)n1nccc1NC(=O)COCc1nc2ccc(C)cc2[nH]1. The van der Waals surface area contributed by atoms with Crippen molar-refractivity contribution in [1.82, 2.24) is 19.7 Å². The van der Waals surface area contributed by atoms with Gasteiger partial charge >= 0.3 is 0 Å². The van der Waals surface area contributed by atoms with E-state index in [1.807, 2.05) is 25.1 Å². The molecule has 0 saturated heterocycles. The maximum absolute atomic E-state index is 12.1. The highest BCUT2D eigenvalue weighted by molar-refractivity contribution is 5.90. The molecule has 7 heteroatoms. The number of carbonyl (C=O) groups excluding carboxylic acids is 1. The van der Waals surface area contributed by atoms with Crippen LogP contribution in [-0.2, 0) is 16.1 Å². The molecule has 0 spiro atoms. The number of aryl methyl sites for hydroxylation is 1. The number of hydrogen-bond donors (Lipinski definition) is 2. The molecule has 0 fully saturated rings. The topological polar surface area (TPSA) is 84.8 Å². The second-order valence-electron chi connectivity index (χ2n) is 6.16. The van der Waals surface area contributed by atoms with Gasteiger partial charge in [0, 0.05) is 6.07 Å². The van der Waals surface area contributed by atoms with Crippen LogP contribution in [0, 0.1) is 6.92 Å². The van der Waals surface area contributed by atoms with E-state index < -0.39 is 0 Å². The predicted molar refractivity (Wildman–Crippen MR) is 96.3 cm³/mol. The molecule has 0 saturated carbocycles. The van der Waals surface area contributed by atoms with Crippen molar-refractivity contribution < 1.29 is 9.53 Å². The highest BCUT2D eigenvalue weighted by Crippen LogP contribution is 2.16. The number of hydrogen-bond acceptors (Lipinski definition) is 4. The highest BCUT2D eigenvalue weighted by atomic mass is 16.5. The van der Waals surface area contributed by atoms with Gasteiger partial charge < -0.3 is 15.0 Å². The van der Waals surface area contributed by atoms with E-state index in [1.165, 1.54) is 5.56 Å². The van der Waals surface area contributed by atoms with Crippen LogP contribution < -0.4 is 5.32 Å². The summed E-state index contributed by atoms with van der Waals surface area (Å²) in [6, 6.07) is 8.03. The van der Waals surface area contributed by atoms with E-state index in [-0.39, 0.29) is 25.2 Å². The summed E-state index contributed by atoms with van der Waals surface area (Å²) in [6.07, 6.45) is 2.62.